The second-order valence-electron chi connectivity index (χ2n) is 6.72. The fourth-order valence-corrected chi connectivity index (χ4v) is 3.15. The topological polar surface area (TPSA) is 32.3 Å². The molecule has 20 heavy (non-hydrogen) atoms. The number of nitrogens with zero attached hydrogens (tertiary/aromatic N) is 1. The van der Waals surface area contributed by atoms with Crippen LogP contribution < -0.4 is 5.32 Å². The lowest BCUT2D eigenvalue weighted by Gasteiger charge is -2.31. The van der Waals surface area contributed by atoms with E-state index in [-0.39, 0.29) is 0 Å². The van der Waals surface area contributed by atoms with Crippen molar-refractivity contribution in [2.24, 2.45) is 17.8 Å². The Balaban J connectivity index is 2.61. The maximum absolute atomic E-state index is 12.3. The molecule has 0 aromatic heterocycles. The Kier molecular flexibility index (Phi) is 7.57. The average molecular weight is 282 g/mol. The molecule has 3 nitrogen and oxygen atoms in total. The first-order valence-corrected chi connectivity index (χ1v) is 8.50. The third kappa shape index (κ3) is 5.08. The number of nitrogens with one attached hydrogen (secondary N) is 1. The van der Waals surface area contributed by atoms with Crippen LogP contribution in [-0.2, 0) is 4.79 Å². The van der Waals surface area contributed by atoms with Crippen molar-refractivity contribution in [3.8, 4) is 0 Å². The first kappa shape index (κ1) is 17.5. The van der Waals surface area contributed by atoms with Crippen LogP contribution in [-0.4, -0.2) is 36.5 Å². The van der Waals surface area contributed by atoms with Crippen LogP contribution in [0.25, 0.3) is 0 Å². The third-order valence-corrected chi connectivity index (χ3v) is 5.01. The Morgan fingerprint density at radius 2 is 1.95 bits per heavy atom. The monoisotopic (exact) mass is 282 g/mol. The molecule has 0 aromatic carbocycles. The van der Waals surface area contributed by atoms with Crippen molar-refractivity contribution >= 4 is 5.91 Å². The van der Waals surface area contributed by atoms with E-state index in [4.69, 9.17) is 0 Å². The number of hydrogen-bond donors (Lipinski definition) is 1. The zero-order valence-corrected chi connectivity index (χ0v) is 14.1. The Morgan fingerprint density at radius 3 is 2.50 bits per heavy atom. The zero-order chi connectivity index (χ0) is 15.1. The molecule has 1 heterocycles. The van der Waals surface area contributed by atoms with Gasteiger partial charge in [-0.1, -0.05) is 41.0 Å². The lowest BCUT2D eigenvalue weighted by atomic mass is 9.89. The standard InChI is InChI=1S/C17H34N2O/c1-6-14(5)16(18-7-2)12-19-11-10-15(13(3)4)8-9-17(19)20/h13-16,18H,6-12H2,1-5H3. The maximum Gasteiger partial charge on any atom is 0.222 e. The van der Waals surface area contributed by atoms with Crippen LogP contribution in [0, 0.1) is 17.8 Å². The molecule has 1 aliphatic heterocycles. The maximum atomic E-state index is 12.3. The van der Waals surface area contributed by atoms with E-state index < -0.39 is 0 Å². The van der Waals surface area contributed by atoms with E-state index in [2.05, 4.69) is 44.8 Å². The van der Waals surface area contributed by atoms with Crippen molar-refractivity contribution in [3.05, 3.63) is 0 Å². The summed E-state index contributed by atoms with van der Waals surface area (Å²) in [6, 6.07) is 0.435. The molecule has 3 heteroatoms. The Labute approximate surface area is 125 Å². The molecule has 0 aliphatic carbocycles. The normalized spacial score (nSPS) is 23.8. The van der Waals surface area contributed by atoms with Crippen LogP contribution in [0.1, 0.15) is 60.3 Å². The van der Waals surface area contributed by atoms with E-state index in [9.17, 15) is 4.79 Å². The summed E-state index contributed by atoms with van der Waals surface area (Å²) in [5, 5.41) is 3.56. The second kappa shape index (κ2) is 8.66. The van der Waals surface area contributed by atoms with Crippen LogP contribution in [0.4, 0.5) is 0 Å². The van der Waals surface area contributed by atoms with Crippen LogP contribution in [0.2, 0.25) is 0 Å². The number of amides is 1. The number of likely N-dealkylation sites (tertiary alicyclic amines) is 1. The van der Waals surface area contributed by atoms with Gasteiger partial charge in [-0.3, -0.25) is 4.79 Å². The van der Waals surface area contributed by atoms with Gasteiger partial charge in [0.15, 0.2) is 0 Å². The molecular formula is C17H34N2O. The van der Waals surface area contributed by atoms with E-state index in [1.807, 2.05) is 0 Å². The molecule has 0 saturated carbocycles. The van der Waals surface area contributed by atoms with E-state index in [1.54, 1.807) is 0 Å². The van der Waals surface area contributed by atoms with Crippen LogP contribution in [0.5, 0.6) is 0 Å². The first-order valence-electron chi connectivity index (χ1n) is 8.50. The molecule has 3 atom stereocenters. The second-order valence-corrected chi connectivity index (χ2v) is 6.72. The summed E-state index contributed by atoms with van der Waals surface area (Å²) in [6.07, 6.45) is 4.14. The number of likely N-dealkylation sites (N-methyl/N-ethyl adjacent to an activating group) is 1. The van der Waals surface area contributed by atoms with Crippen molar-refractivity contribution in [2.75, 3.05) is 19.6 Å². The quantitative estimate of drug-likeness (QED) is 0.777. The Morgan fingerprint density at radius 1 is 1.25 bits per heavy atom. The van der Waals surface area contributed by atoms with Crippen molar-refractivity contribution in [3.63, 3.8) is 0 Å². The molecule has 1 fully saturated rings. The van der Waals surface area contributed by atoms with E-state index >= 15 is 0 Å². The number of hydrogen-bond acceptors (Lipinski definition) is 2. The van der Waals surface area contributed by atoms with E-state index in [1.165, 1.54) is 6.42 Å². The molecule has 1 aliphatic rings. The fraction of sp³-hybridized carbons (Fsp3) is 0.941. The Bertz CT molecular complexity index is 291. The summed E-state index contributed by atoms with van der Waals surface area (Å²) in [6.45, 7) is 14.0. The summed E-state index contributed by atoms with van der Waals surface area (Å²) < 4.78 is 0. The van der Waals surface area contributed by atoms with Gasteiger partial charge in [0, 0.05) is 25.6 Å². The molecule has 0 aromatic rings. The van der Waals surface area contributed by atoms with Gasteiger partial charge in [-0.15, -0.1) is 0 Å². The summed E-state index contributed by atoms with van der Waals surface area (Å²) >= 11 is 0. The molecule has 118 valence electrons. The molecular weight excluding hydrogens is 248 g/mol. The highest BCUT2D eigenvalue weighted by Crippen LogP contribution is 2.25. The Hall–Kier alpha value is -0.570. The van der Waals surface area contributed by atoms with Crippen LogP contribution >= 0.6 is 0 Å². The van der Waals surface area contributed by atoms with E-state index in [0.29, 0.717) is 29.7 Å². The van der Waals surface area contributed by atoms with Gasteiger partial charge in [0.2, 0.25) is 5.91 Å². The van der Waals surface area contributed by atoms with Crippen molar-refractivity contribution in [2.45, 2.75) is 66.3 Å². The minimum Gasteiger partial charge on any atom is -0.341 e. The molecule has 3 unspecified atom stereocenters. The van der Waals surface area contributed by atoms with Crippen LogP contribution in [0.15, 0.2) is 0 Å². The zero-order valence-electron chi connectivity index (χ0n) is 14.1. The molecule has 1 rings (SSSR count). The summed E-state index contributed by atoms with van der Waals surface area (Å²) in [4.78, 5) is 14.4. The number of carbonyl (C=O) groups excluding carboxylic acids is 1. The first-order chi connectivity index (χ1) is 9.49. The van der Waals surface area contributed by atoms with Gasteiger partial charge in [0.05, 0.1) is 0 Å². The van der Waals surface area contributed by atoms with E-state index in [0.717, 1.165) is 38.9 Å². The smallest absolute Gasteiger partial charge is 0.222 e. The predicted octanol–water partition coefficient (Wildman–Crippen LogP) is 3.30. The van der Waals surface area contributed by atoms with Gasteiger partial charge in [-0.2, -0.15) is 0 Å². The molecule has 1 amide bonds. The molecule has 0 spiro atoms. The number of rotatable bonds is 7. The summed E-state index contributed by atoms with van der Waals surface area (Å²) in [5.74, 6) is 2.39. The van der Waals surface area contributed by atoms with Gasteiger partial charge in [-0.25, -0.2) is 0 Å². The highest BCUT2D eigenvalue weighted by molar-refractivity contribution is 5.76. The van der Waals surface area contributed by atoms with Crippen LogP contribution in [0.3, 0.4) is 0 Å². The van der Waals surface area contributed by atoms with Crippen molar-refractivity contribution < 1.29 is 4.79 Å². The molecule has 1 saturated heterocycles. The lowest BCUT2D eigenvalue weighted by molar-refractivity contribution is -0.131. The van der Waals surface area contributed by atoms with Crippen molar-refractivity contribution in [1.29, 1.82) is 0 Å². The SMILES string of the molecule is CCNC(CN1CCC(C(C)C)CCC1=O)C(C)CC. The highest BCUT2D eigenvalue weighted by Gasteiger charge is 2.27. The molecule has 1 N–H and O–H groups in total. The van der Waals surface area contributed by atoms with Gasteiger partial charge in [0.1, 0.15) is 0 Å². The predicted molar refractivity (Wildman–Crippen MR) is 85.7 cm³/mol. The highest BCUT2D eigenvalue weighted by atomic mass is 16.2. The van der Waals surface area contributed by atoms with Gasteiger partial charge in [0.25, 0.3) is 0 Å². The molecule has 0 radical (unpaired) electrons. The lowest BCUT2D eigenvalue weighted by Crippen LogP contribution is -2.46. The summed E-state index contributed by atoms with van der Waals surface area (Å²) in [5.41, 5.74) is 0. The minimum absolute atomic E-state index is 0.361. The largest absolute Gasteiger partial charge is 0.341 e. The van der Waals surface area contributed by atoms with Gasteiger partial charge >= 0.3 is 0 Å². The minimum atomic E-state index is 0.361. The third-order valence-electron chi connectivity index (χ3n) is 5.01. The molecule has 0 bridgehead atoms. The van der Waals surface area contributed by atoms with Gasteiger partial charge in [-0.05, 0) is 37.1 Å². The number of carbonyl (C=O) groups is 1. The average Bonchev–Trinajstić information content (AvgIpc) is 2.60. The fourth-order valence-electron chi connectivity index (χ4n) is 3.15. The van der Waals surface area contributed by atoms with Gasteiger partial charge < -0.3 is 10.2 Å². The van der Waals surface area contributed by atoms with Crippen molar-refractivity contribution in [1.82, 2.24) is 10.2 Å². The summed E-state index contributed by atoms with van der Waals surface area (Å²) in [7, 11) is 0.